The predicted octanol–water partition coefficient (Wildman–Crippen LogP) is 16.8. The summed E-state index contributed by atoms with van der Waals surface area (Å²) in [5.41, 5.74) is 16.2. The summed E-state index contributed by atoms with van der Waals surface area (Å²) in [5, 5.41) is 6.65. The molecule has 322 valence electrons. The van der Waals surface area contributed by atoms with Crippen LogP contribution in [-0.2, 0) is 0 Å². The molecule has 0 spiro atoms. The van der Waals surface area contributed by atoms with E-state index in [0.29, 0.717) is 17.5 Å². The molecule has 14 aromatic rings. The molecule has 0 saturated heterocycles. The fourth-order valence-electron chi connectivity index (χ4n) is 10.0. The largest absolute Gasteiger partial charge is 0.456 e. The van der Waals surface area contributed by atoms with Gasteiger partial charge in [-0.25, -0.2) is 15.0 Å². The number of para-hydroxylation sites is 1. The van der Waals surface area contributed by atoms with Crippen molar-refractivity contribution in [3.05, 3.63) is 231 Å². The van der Waals surface area contributed by atoms with Gasteiger partial charge in [0.2, 0.25) is 0 Å². The summed E-state index contributed by atoms with van der Waals surface area (Å²) in [5.74, 6) is 1.80. The summed E-state index contributed by atoms with van der Waals surface area (Å²) in [6, 6.07) is 80.5. The van der Waals surface area contributed by atoms with Crippen molar-refractivity contribution in [2.24, 2.45) is 0 Å². The van der Waals surface area contributed by atoms with E-state index in [1.165, 1.54) is 21.9 Å². The zero-order valence-electron chi connectivity index (χ0n) is 37.0. The van der Waals surface area contributed by atoms with Gasteiger partial charge >= 0.3 is 0 Å². The number of aromatic nitrogens is 4. The molecule has 0 N–H and O–H groups in total. The van der Waals surface area contributed by atoms with E-state index < -0.39 is 0 Å². The Kier molecular flexibility index (Phi) is 8.79. The third kappa shape index (κ3) is 6.61. The van der Waals surface area contributed by atoms with Gasteiger partial charge in [-0.15, -0.1) is 0 Å². The Morgan fingerprint density at radius 3 is 1.39 bits per heavy atom. The maximum Gasteiger partial charge on any atom is 0.164 e. The van der Waals surface area contributed by atoms with E-state index in [-0.39, 0.29) is 0 Å². The zero-order valence-corrected chi connectivity index (χ0v) is 37.0. The Bertz CT molecular complexity index is 4290. The molecule has 4 heterocycles. The van der Waals surface area contributed by atoms with Crippen LogP contribution in [0.2, 0.25) is 0 Å². The first-order valence-electron chi connectivity index (χ1n) is 23.1. The molecular formula is C63H38N4O2. The normalized spacial score (nSPS) is 11.8. The van der Waals surface area contributed by atoms with Crippen LogP contribution in [0.4, 0.5) is 0 Å². The van der Waals surface area contributed by atoms with Crippen molar-refractivity contribution in [3.63, 3.8) is 0 Å². The molecule has 0 unspecified atom stereocenters. The van der Waals surface area contributed by atoms with Crippen LogP contribution in [0.1, 0.15) is 0 Å². The van der Waals surface area contributed by atoms with Gasteiger partial charge in [-0.2, -0.15) is 0 Å². The van der Waals surface area contributed by atoms with E-state index in [1.807, 2.05) is 42.5 Å². The fourth-order valence-corrected chi connectivity index (χ4v) is 10.0. The lowest BCUT2D eigenvalue weighted by atomic mass is 10.0. The van der Waals surface area contributed by atoms with Gasteiger partial charge < -0.3 is 13.4 Å². The maximum atomic E-state index is 6.65. The summed E-state index contributed by atoms with van der Waals surface area (Å²) >= 11 is 0. The van der Waals surface area contributed by atoms with E-state index in [1.54, 1.807) is 0 Å². The van der Waals surface area contributed by atoms with Crippen molar-refractivity contribution in [3.8, 4) is 73.2 Å². The van der Waals surface area contributed by atoms with Crippen LogP contribution in [0.25, 0.3) is 139 Å². The third-order valence-electron chi connectivity index (χ3n) is 13.5. The van der Waals surface area contributed by atoms with E-state index in [4.69, 9.17) is 23.8 Å². The highest BCUT2D eigenvalue weighted by atomic mass is 16.3. The first-order valence-corrected chi connectivity index (χ1v) is 23.1. The summed E-state index contributed by atoms with van der Waals surface area (Å²) in [6.45, 7) is 0. The van der Waals surface area contributed by atoms with Gasteiger partial charge in [0, 0.05) is 60.8 Å². The Morgan fingerprint density at radius 1 is 0.246 bits per heavy atom. The van der Waals surface area contributed by atoms with Crippen LogP contribution in [0.15, 0.2) is 239 Å². The lowest BCUT2D eigenvalue weighted by Crippen LogP contribution is -2.00. The fraction of sp³-hybridized carbons (Fsp3) is 0. The first kappa shape index (κ1) is 38.8. The molecule has 0 saturated carbocycles. The second-order valence-electron chi connectivity index (χ2n) is 17.6. The Hall–Kier alpha value is -9.39. The van der Waals surface area contributed by atoms with Crippen LogP contribution < -0.4 is 0 Å². The number of furan rings is 2. The molecule has 0 radical (unpaired) electrons. The molecule has 0 aliphatic heterocycles. The summed E-state index contributed by atoms with van der Waals surface area (Å²) in [4.78, 5) is 15.0. The second-order valence-corrected chi connectivity index (χ2v) is 17.6. The molecule has 0 fully saturated rings. The molecule has 14 rings (SSSR count). The standard InChI is InChI=1S/C63H38N4O2/c1-4-12-39(13-5-1)41-20-22-43(23-21-41)62-64-61(42-16-8-3-9-17-42)65-63(66-62)47-25-30-51-50-29-24-46(36-58(50)69-59(51)37-47)45-27-33-57-54(35-45)52-31-28-48(38-60(52)68-57)67-55-19-11-10-18-49(55)53-34-44(26-32-56(53)67)40-14-6-2-7-15-40/h1-38H. The lowest BCUT2D eigenvalue weighted by Gasteiger charge is -2.09. The van der Waals surface area contributed by atoms with Gasteiger partial charge in [-0.3, -0.25) is 0 Å². The lowest BCUT2D eigenvalue weighted by molar-refractivity contribution is 0.668. The number of hydrogen-bond acceptors (Lipinski definition) is 5. The minimum Gasteiger partial charge on any atom is -0.456 e. The van der Waals surface area contributed by atoms with Crippen molar-refractivity contribution >= 4 is 65.7 Å². The predicted molar refractivity (Wildman–Crippen MR) is 281 cm³/mol. The molecule has 6 nitrogen and oxygen atoms in total. The van der Waals surface area contributed by atoms with E-state index in [2.05, 4.69) is 193 Å². The summed E-state index contributed by atoms with van der Waals surface area (Å²) in [6.07, 6.45) is 0. The summed E-state index contributed by atoms with van der Waals surface area (Å²) < 4.78 is 15.6. The van der Waals surface area contributed by atoms with Crippen LogP contribution in [0, 0.1) is 0 Å². The molecule has 0 atom stereocenters. The Labute approximate surface area is 396 Å². The van der Waals surface area contributed by atoms with Gasteiger partial charge in [0.1, 0.15) is 22.3 Å². The molecule has 10 aromatic carbocycles. The minimum absolute atomic E-state index is 0.578. The molecule has 0 amide bonds. The zero-order chi connectivity index (χ0) is 45.4. The number of rotatable bonds is 7. The molecular weight excluding hydrogens is 845 g/mol. The van der Waals surface area contributed by atoms with Crippen molar-refractivity contribution in [1.82, 2.24) is 19.5 Å². The number of hydrogen-bond donors (Lipinski definition) is 0. The topological polar surface area (TPSA) is 69.9 Å². The SMILES string of the molecule is c1ccc(-c2ccc(-c3nc(-c4ccccc4)nc(-c4ccc5c(c4)oc4cc(-c6ccc7oc8cc(-n9c%10ccccc%10c%10cc(-c%11ccccc%11)ccc%109)ccc8c7c6)ccc45)n3)cc2)cc1. The number of fused-ring (bicyclic) bond motifs is 9. The summed E-state index contributed by atoms with van der Waals surface area (Å²) in [7, 11) is 0. The highest BCUT2D eigenvalue weighted by molar-refractivity contribution is 6.12. The highest BCUT2D eigenvalue weighted by Crippen LogP contribution is 2.40. The molecule has 0 bridgehead atoms. The molecule has 0 aliphatic rings. The van der Waals surface area contributed by atoms with Crippen LogP contribution in [0.3, 0.4) is 0 Å². The van der Waals surface area contributed by atoms with Gasteiger partial charge in [0.15, 0.2) is 17.5 Å². The Balaban J connectivity index is 0.806. The number of benzene rings is 10. The smallest absolute Gasteiger partial charge is 0.164 e. The van der Waals surface area contributed by atoms with Gasteiger partial charge in [-0.1, -0.05) is 158 Å². The van der Waals surface area contributed by atoms with Crippen molar-refractivity contribution in [2.75, 3.05) is 0 Å². The van der Waals surface area contributed by atoms with Crippen molar-refractivity contribution in [1.29, 1.82) is 0 Å². The molecule has 4 aromatic heterocycles. The van der Waals surface area contributed by atoms with Crippen molar-refractivity contribution < 1.29 is 8.83 Å². The van der Waals surface area contributed by atoms with E-state index in [0.717, 1.165) is 99.5 Å². The average Bonchev–Trinajstić information content (AvgIpc) is 4.09. The maximum absolute atomic E-state index is 6.65. The quantitative estimate of drug-likeness (QED) is 0.159. The van der Waals surface area contributed by atoms with E-state index in [9.17, 15) is 0 Å². The van der Waals surface area contributed by atoms with Gasteiger partial charge in [0.25, 0.3) is 0 Å². The van der Waals surface area contributed by atoms with Crippen LogP contribution >= 0.6 is 0 Å². The average molecular weight is 883 g/mol. The molecule has 69 heavy (non-hydrogen) atoms. The second kappa shape index (κ2) is 15.6. The Morgan fingerprint density at radius 2 is 0.667 bits per heavy atom. The highest BCUT2D eigenvalue weighted by Gasteiger charge is 2.18. The minimum atomic E-state index is 0.578. The van der Waals surface area contributed by atoms with Crippen molar-refractivity contribution in [2.45, 2.75) is 0 Å². The molecule has 6 heteroatoms. The first-order chi connectivity index (χ1) is 34.1. The monoisotopic (exact) mass is 882 g/mol. The van der Waals surface area contributed by atoms with Crippen LogP contribution in [0.5, 0.6) is 0 Å². The van der Waals surface area contributed by atoms with Gasteiger partial charge in [-0.05, 0) is 100 Å². The van der Waals surface area contributed by atoms with Gasteiger partial charge in [0.05, 0.1) is 11.0 Å². The number of nitrogens with zero attached hydrogens (tertiary/aromatic N) is 4. The van der Waals surface area contributed by atoms with E-state index >= 15 is 0 Å². The third-order valence-corrected chi connectivity index (χ3v) is 13.5. The molecule has 0 aliphatic carbocycles. The van der Waals surface area contributed by atoms with Crippen LogP contribution in [-0.4, -0.2) is 19.5 Å².